The summed E-state index contributed by atoms with van der Waals surface area (Å²) in [6.07, 6.45) is 5.14. The molecule has 1 unspecified atom stereocenters. The molecule has 116 valence electrons. The summed E-state index contributed by atoms with van der Waals surface area (Å²) in [5.74, 6) is -0.135. The molecular formula is C17H26FN3. The highest BCUT2D eigenvalue weighted by Gasteiger charge is 2.29. The number of hydrogen-bond acceptors (Lipinski definition) is 3. The predicted molar refractivity (Wildman–Crippen MR) is 85.0 cm³/mol. The van der Waals surface area contributed by atoms with Crippen LogP contribution in [0.3, 0.4) is 0 Å². The molecule has 1 aromatic carbocycles. The Kier molecular flexibility index (Phi) is 4.45. The standard InChI is InChI=1S/C17H26FN3/c1-13(19)14-5-6-17(16(18)11-14)21-10-7-15(12-21)20-8-3-2-4-9-20/h5-6,11,13,15H,2-4,7-10,12,19H2,1H3/t13-,15?/m0/s1. The highest BCUT2D eigenvalue weighted by molar-refractivity contribution is 5.50. The fraction of sp³-hybridized carbons (Fsp3) is 0.647. The monoisotopic (exact) mass is 291 g/mol. The molecule has 0 radical (unpaired) electrons. The lowest BCUT2D eigenvalue weighted by atomic mass is 10.1. The molecule has 2 N–H and O–H groups in total. The fourth-order valence-electron chi connectivity index (χ4n) is 3.61. The summed E-state index contributed by atoms with van der Waals surface area (Å²) in [4.78, 5) is 4.79. The molecule has 2 heterocycles. The Balaban J connectivity index is 1.68. The van der Waals surface area contributed by atoms with Gasteiger partial charge in [-0.1, -0.05) is 12.5 Å². The molecule has 21 heavy (non-hydrogen) atoms. The highest BCUT2D eigenvalue weighted by atomic mass is 19.1. The summed E-state index contributed by atoms with van der Waals surface area (Å²) in [6, 6.07) is 5.92. The molecule has 0 bridgehead atoms. The molecule has 0 aliphatic carbocycles. The molecule has 2 aliphatic rings. The smallest absolute Gasteiger partial charge is 0.146 e. The minimum atomic E-state index is -0.135. The first kappa shape index (κ1) is 14.8. The van der Waals surface area contributed by atoms with Gasteiger partial charge < -0.3 is 10.6 Å². The van der Waals surface area contributed by atoms with E-state index in [1.54, 1.807) is 6.07 Å². The van der Waals surface area contributed by atoms with Gasteiger partial charge in [-0.2, -0.15) is 0 Å². The van der Waals surface area contributed by atoms with Crippen molar-refractivity contribution in [1.29, 1.82) is 0 Å². The summed E-state index contributed by atoms with van der Waals surface area (Å²) in [5, 5.41) is 0. The summed E-state index contributed by atoms with van der Waals surface area (Å²) < 4.78 is 14.3. The third kappa shape index (κ3) is 3.22. The number of hydrogen-bond donors (Lipinski definition) is 1. The van der Waals surface area contributed by atoms with Crippen molar-refractivity contribution in [2.75, 3.05) is 31.1 Å². The van der Waals surface area contributed by atoms with Gasteiger partial charge in [0.2, 0.25) is 0 Å². The number of anilines is 1. The normalized spacial score (nSPS) is 25.3. The Hall–Kier alpha value is -1.13. The van der Waals surface area contributed by atoms with Crippen molar-refractivity contribution >= 4 is 5.69 Å². The maximum atomic E-state index is 14.3. The Labute approximate surface area is 126 Å². The van der Waals surface area contributed by atoms with Gasteiger partial charge in [0.05, 0.1) is 5.69 Å². The SMILES string of the molecule is C[C@H](N)c1ccc(N2CCC(N3CCCCC3)C2)c(F)c1. The van der Waals surface area contributed by atoms with Gasteiger partial charge in [-0.25, -0.2) is 4.39 Å². The van der Waals surface area contributed by atoms with Crippen LogP contribution in [0.5, 0.6) is 0 Å². The summed E-state index contributed by atoms with van der Waals surface area (Å²) in [5.41, 5.74) is 7.42. The van der Waals surface area contributed by atoms with E-state index in [2.05, 4.69) is 9.80 Å². The second kappa shape index (κ2) is 6.32. The highest BCUT2D eigenvalue weighted by Crippen LogP contribution is 2.28. The summed E-state index contributed by atoms with van der Waals surface area (Å²) in [6.45, 7) is 6.22. The van der Waals surface area contributed by atoms with Crippen LogP contribution < -0.4 is 10.6 Å². The van der Waals surface area contributed by atoms with Crippen LogP contribution in [-0.2, 0) is 0 Å². The van der Waals surface area contributed by atoms with Crippen molar-refractivity contribution in [2.24, 2.45) is 5.73 Å². The quantitative estimate of drug-likeness (QED) is 0.929. The molecule has 0 spiro atoms. The number of halogens is 1. The molecule has 2 aliphatic heterocycles. The first-order valence-electron chi connectivity index (χ1n) is 8.19. The van der Waals surface area contributed by atoms with Crippen LogP contribution in [0.25, 0.3) is 0 Å². The second-order valence-corrected chi connectivity index (χ2v) is 6.48. The van der Waals surface area contributed by atoms with Crippen molar-refractivity contribution in [3.63, 3.8) is 0 Å². The maximum Gasteiger partial charge on any atom is 0.146 e. The molecular weight excluding hydrogens is 265 g/mol. The van der Waals surface area contributed by atoms with Crippen LogP contribution in [0.2, 0.25) is 0 Å². The summed E-state index contributed by atoms with van der Waals surface area (Å²) in [7, 11) is 0. The van der Waals surface area contributed by atoms with Crippen LogP contribution in [0.15, 0.2) is 18.2 Å². The molecule has 4 heteroatoms. The summed E-state index contributed by atoms with van der Waals surface area (Å²) >= 11 is 0. The Morgan fingerprint density at radius 2 is 1.95 bits per heavy atom. The molecule has 0 amide bonds. The molecule has 2 saturated heterocycles. The van der Waals surface area contributed by atoms with E-state index >= 15 is 0 Å². The lowest BCUT2D eigenvalue weighted by Gasteiger charge is -2.32. The van der Waals surface area contributed by atoms with Gasteiger partial charge in [-0.3, -0.25) is 4.90 Å². The van der Waals surface area contributed by atoms with Crippen LogP contribution in [0.1, 0.15) is 44.2 Å². The van der Waals surface area contributed by atoms with E-state index in [0.717, 1.165) is 30.8 Å². The van der Waals surface area contributed by atoms with Crippen LogP contribution in [0, 0.1) is 5.82 Å². The predicted octanol–water partition coefficient (Wildman–Crippen LogP) is 2.91. The van der Waals surface area contributed by atoms with E-state index in [1.165, 1.54) is 32.4 Å². The average molecular weight is 291 g/mol. The first-order chi connectivity index (χ1) is 10.1. The number of rotatable bonds is 3. The minimum Gasteiger partial charge on any atom is -0.368 e. The van der Waals surface area contributed by atoms with Gasteiger partial charge in [-0.05, 0) is 57.0 Å². The Morgan fingerprint density at radius 3 is 2.62 bits per heavy atom. The molecule has 2 fully saturated rings. The zero-order valence-corrected chi connectivity index (χ0v) is 12.9. The molecule has 2 atom stereocenters. The van der Waals surface area contributed by atoms with Gasteiger partial charge in [0, 0.05) is 25.2 Å². The lowest BCUT2D eigenvalue weighted by molar-refractivity contribution is 0.175. The molecule has 3 nitrogen and oxygen atoms in total. The zero-order chi connectivity index (χ0) is 14.8. The number of likely N-dealkylation sites (tertiary alicyclic amines) is 1. The van der Waals surface area contributed by atoms with E-state index in [-0.39, 0.29) is 11.9 Å². The van der Waals surface area contributed by atoms with Crippen molar-refractivity contribution in [2.45, 2.75) is 44.7 Å². The number of nitrogens with zero attached hydrogens (tertiary/aromatic N) is 2. The number of piperidine rings is 1. The largest absolute Gasteiger partial charge is 0.368 e. The van der Waals surface area contributed by atoms with Crippen molar-refractivity contribution in [1.82, 2.24) is 4.90 Å². The van der Waals surface area contributed by atoms with E-state index in [0.29, 0.717) is 6.04 Å². The molecule has 0 saturated carbocycles. The van der Waals surface area contributed by atoms with Crippen LogP contribution in [-0.4, -0.2) is 37.1 Å². The van der Waals surface area contributed by atoms with Gasteiger partial charge >= 0.3 is 0 Å². The third-order valence-electron chi connectivity index (χ3n) is 4.91. The molecule has 0 aromatic heterocycles. The first-order valence-corrected chi connectivity index (χ1v) is 8.19. The zero-order valence-electron chi connectivity index (χ0n) is 12.9. The lowest BCUT2D eigenvalue weighted by Crippen LogP contribution is -2.40. The van der Waals surface area contributed by atoms with E-state index < -0.39 is 0 Å². The van der Waals surface area contributed by atoms with Crippen molar-refractivity contribution < 1.29 is 4.39 Å². The van der Waals surface area contributed by atoms with Crippen molar-refractivity contribution in [3.05, 3.63) is 29.6 Å². The fourth-order valence-corrected chi connectivity index (χ4v) is 3.61. The van der Waals surface area contributed by atoms with Crippen LogP contribution in [0.4, 0.5) is 10.1 Å². The van der Waals surface area contributed by atoms with Gasteiger partial charge in [0.25, 0.3) is 0 Å². The van der Waals surface area contributed by atoms with E-state index in [9.17, 15) is 4.39 Å². The third-order valence-corrected chi connectivity index (χ3v) is 4.91. The number of benzene rings is 1. The number of nitrogens with two attached hydrogens (primary N) is 1. The molecule has 1 aromatic rings. The second-order valence-electron chi connectivity index (χ2n) is 6.48. The van der Waals surface area contributed by atoms with Gasteiger partial charge in [0.15, 0.2) is 0 Å². The van der Waals surface area contributed by atoms with Gasteiger partial charge in [-0.15, -0.1) is 0 Å². The van der Waals surface area contributed by atoms with Crippen molar-refractivity contribution in [3.8, 4) is 0 Å². The maximum absolute atomic E-state index is 14.3. The Morgan fingerprint density at radius 1 is 1.19 bits per heavy atom. The Bertz CT molecular complexity index is 483. The van der Waals surface area contributed by atoms with Crippen LogP contribution >= 0.6 is 0 Å². The van der Waals surface area contributed by atoms with E-state index in [4.69, 9.17) is 5.73 Å². The average Bonchev–Trinajstić information content (AvgIpc) is 2.97. The topological polar surface area (TPSA) is 32.5 Å². The van der Waals surface area contributed by atoms with Gasteiger partial charge in [0.1, 0.15) is 5.82 Å². The van der Waals surface area contributed by atoms with E-state index in [1.807, 2.05) is 19.1 Å². The minimum absolute atomic E-state index is 0.117. The molecule has 3 rings (SSSR count).